The van der Waals surface area contributed by atoms with Crippen LogP contribution in [0.1, 0.15) is 52.6 Å². The van der Waals surface area contributed by atoms with Crippen LogP contribution in [0.15, 0.2) is 109 Å². The Balaban J connectivity index is 1.39. The molecule has 5 aromatic rings. The Hall–Kier alpha value is -6.82. The number of rotatable bonds is 20. The maximum Gasteiger partial charge on any atom is 0.342 e. The molecule has 0 N–H and O–H groups in total. The SMILES string of the molecule is COc1cc(C=O)ccc1OCCOc1cc(C(=O)OCc2ccccc2)c(OCCOc2ccc(C=O)cc2OC)cc1C(=O)OCc1ccccc1. The Morgan fingerprint density at radius 2 is 0.833 bits per heavy atom. The minimum atomic E-state index is -0.730. The molecule has 0 aliphatic carbocycles. The van der Waals surface area contributed by atoms with Crippen molar-refractivity contribution in [3.8, 4) is 34.5 Å². The zero-order valence-corrected chi connectivity index (χ0v) is 29.7. The van der Waals surface area contributed by atoms with Gasteiger partial charge in [0.2, 0.25) is 0 Å². The van der Waals surface area contributed by atoms with Gasteiger partial charge in [-0.2, -0.15) is 0 Å². The van der Waals surface area contributed by atoms with Crippen LogP contribution in [-0.4, -0.2) is 65.2 Å². The van der Waals surface area contributed by atoms with Crippen LogP contribution in [0.4, 0.5) is 0 Å². The number of aldehydes is 2. The van der Waals surface area contributed by atoms with Crippen LogP contribution in [0.2, 0.25) is 0 Å². The van der Waals surface area contributed by atoms with Gasteiger partial charge in [0.15, 0.2) is 23.0 Å². The van der Waals surface area contributed by atoms with Gasteiger partial charge in [-0.3, -0.25) is 9.59 Å². The first-order chi connectivity index (χ1) is 26.4. The highest BCUT2D eigenvalue weighted by Crippen LogP contribution is 2.33. The van der Waals surface area contributed by atoms with Crippen LogP contribution < -0.4 is 28.4 Å². The van der Waals surface area contributed by atoms with Crippen molar-refractivity contribution in [2.24, 2.45) is 0 Å². The second-order valence-electron chi connectivity index (χ2n) is 11.4. The van der Waals surface area contributed by atoms with Crippen molar-refractivity contribution in [3.05, 3.63) is 143 Å². The van der Waals surface area contributed by atoms with Gasteiger partial charge in [-0.05, 0) is 59.7 Å². The molecule has 0 radical (unpaired) electrons. The van der Waals surface area contributed by atoms with E-state index in [0.29, 0.717) is 46.7 Å². The fourth-order valence-electron chi connectivity index (χ4n) is 5.08. The average molecular weight is 735 g/mol. The molecular formula is C42H38O12. The van der Waals surface area contributed by atoms with Crippen LogP contribution in [0.25, 0.3) is 0 Å². The van der Waals surface area contributed by atoms with Gasteiger partial charge in [-0.25, -0.2) is 9.59 Å². The number of esters is 2. The summed E-state index contributed by atoms with van der Waals surface area (Å²) in [5, 5.41) is 0. The van der Waals surface area contributed by atoms with Crippen molar-refractivity contribution in [2.75, 3.05) is 40.6 Å². The summed E-state index contributed by atoms with van der Waals surface area (Å²) in [7, 11) is 2.91. The average Bonchev–Trinajstić information content (AvgIpc) is 3.22. The fraction of sp³-hybridized carbons (Fsp3) is 0.190. The van der Waals surface area contributed by atoms with E-state index in [2.05, 4.69) is 0 Å². The molecule has 0 fully saturated rings. The van der Waals surface area contributed by atoms with E-state index >= 15 is 0 Å². The highest BCUT2D eigenvalue weighted by atomic mass is 16.6. The van der Waals surface area contributed by atoms with E-state index in [4.69, 9.17) is 37.9 Å². The van der Waals surface area contributed by atoms with Gasteiger partial charge in [0.05, 0.1) is 14.2 Å². The number of methoxy groups -OCH3 is 2. The molecule has 0 amide bonds. The van der Waals surface area contributed by atoms with Crippen molar-refractivity contribution < 1.29 is 57.1 Å². The van der Waals surface area contributed by atoms with E-state index in [1.807, 2.05) is 60.7 Å². The van der Waals surface area contributed by atoms with Crippen molar-refractivity contribution in [1.82, 2.24) is 0 Å². The minimum Gasteiger partial charge on any atom is -0.493 e. The highest BCUT2D eigenvalue weighted by molar-refractivity contribution is 5.98. The van der Waals surface area contributed by atoms with Gasteiger partial charge in [0, 0.05) is 11.1 Å². The number of hydrogen-bond donors (Lipinski definition) is 0. The molecule has 5 rings (SSSR count). The number of carbonyl (C=O) groups is 4. The normalized spacial score (nSPS) is 10.4. The first-order valence-corrected chi connectivity index (χ1v) is 16.8. The summed E-state index contributed by atoms with van der Waals surface area (Å²) in [6.45, 7) is -0.140. The molecule has 54 heavy (non-hydrogen) atoms. The van der Waals surface area contributed by atoms with Crippen molar-refractivity contribution >= 4 is 24.5 Å². The lowest BCUT2D eigenvalue weighted by Gasteiger charge is -2.18. The topological polar surface area (TPSA) is 142 Å². The highest BCUT2D eigenvalue weighted by Gasteiger charge is 2.24. The molecule has 5 aromatic carbocycles. The third-order valence-electron chi connectivity index (χ3n) is 7.79. The van der Waals surface area contributed by atoms with E-state index < -0.39 is 11.9 Å². The maximum atomic E-state index is 13.6. The molecule has 0 heterocycles. The van der Waals surface area contributed by atoms with Crippen LogP contribution in [0, 0.1) is 0 Å². The summed E-state index contributed by atoms with van der Waals surface area (Å²) in [4.78, 5) is 49.6. The third-order valence-corrected chi connectivity index (χ3v) is 7.79. The summed E-state index contributed by atoms with van der Waals surface area (Å²) in [6, 6.07) is 30.5. The zero-order chi connectivity index (χ0) is 38.1. The molecule has 0 unspecified atom stereocenters. The Labute approximate surface area is 312 Å². The second kappa shape index (κ2) is 19.7. The van der Waals surface area contributed by atoms with Gasteiger partial charge in [0.1, 0.15) is 74.8 Å². The summed E-state index contributed by atoms with van der Waals surface area (Å²) >= 11 is 0. The predicted molar refractivity (Wildman–Crippen MR) is 196 cm³/mol. The molecule has 0 atom stereocenters. The monoisotopic (exact) mass is 734 g/mol. The maximum absolute atomic E-state index is 13.6. The number of carbonyl (C=O) groups excluding carboxylic acids is 4. The molecule has 12 heteroatoms. The van der Waals surface area contributed by atoms with Gasteiger partial charge in [0.25, 0.3) is 0 Å². The van der Waals surface area contributed by atoms with Crippen LogP contribution in [-0.2, 0) is 22.7 Å². The zero-order valence-electron chi connectivity index (χ0n) is 29.7. The van der Waals surface area contributed by atoms with Crippen LogP contribution in [0.3, 0.4) is 0 Å². The molecular weight excluding hydrogens is 696 g/mol. The van der Waals surface area contributed by atoms with Crippen molar-refractivity contribution in [2.45, 2.75) is 13.2 Å². The molecule has 0 saturated heterocycles. The van der Waals surface area contributed by atoms with Crippen molar-refractivity contribution in [1.29, 1.82) is 0 Å². The van der Waals surface area contributed by atoms with Gasteiger partial charge < -0.3 is 37.9 Å². The number of ether oxygens (including phenoxy) is 8. The Kier molecular flexibility index (Phi) is 14.0. The second-order valence-corrected chi connectivity index (χ2v) is 11.4. The first-order valence-electron chi connectivity index (χ1n) is 16.8. The molecule has 0 aliphatic rings. The quantitative estimate of drug-likeness (QED) is 0.0464. The molecule has 0 spiro atoms. The Morgan fingerprint density at radius 3 is 1.19 bits per heavy atom. The van der Waals surface area contributed by atoms with E-state index in [9.17, 15) is 19.2 Å². The lowest BCUT2D eigenvalue weighted by atomic mass is 10.1. The Bertz CT molecular complexity index is 1880. The number of hydrogen-bond acceptors (Lipinski definition) is 12. The lowest BCUT2D eigenvalue weighted by molar-refractivity contribution is 0.0449. The smallest absolute Gasteiger partial charge is 0.342 e. The van der Waals surface area contributed by atoms with Crippen LogP contribution >= 0.6 is 0 Å². The summed E-state index contributed by atoms with van der Waals surface area (Å²) < 4.78 is 45.7. The molecule has 12 nitrogen and oxygen atoms in total. The molecule has 0 saturated carbocycles. The Morgan fingerprint density at radius 1 is 0.463 bits per heavy atom. The van der Waals surface area contributed by atoms with E-state index in [1.54, 1.807) is 36.4 Å². The number of benzene rings is 5. The fourth-order valence-corrected chi connectivity index (χ4v) is 5.08. The first kappa shape index (κ1) is 38.4. The molecule has 0 aromatic heterocycles. The van der Waals surface area contributed by atoms with E-state index in [0.717, 1.165) is 11.1 Å². The largest absolute Gasteiger partial charge is 0.493 e. The van der Waals surface area contributed by atoms with Crippen molar-refractivity contribution in [3.63, 3.8) is 0 Å². The van der Waals surface area contributed by atoms with Gasteiger partial charge in [-0.1, -0.05) is 60.7 Å². The lowest BCUT2D eigenvalue weighted by Crippen LogP contribution is -2.17. The van der Waals surface area contributed by atoms with E-state index in [1.165, 1.54) is 26.4 Å². The van der Waals surface area contributed by atoms with E-state index in [-0.39, 0.29) is 62.3 Å². The van der Waals surface area contributed by atoms with Gasteiger partial charge >= 0.3 is 11.9 Å². The van der Waals surface area contributed by atoms with Crippen LogP contribution in [0.5, 0.6) is 34.5 Å². The molecule has 0 aliphatic heterocycles. The third kappa shape index (κ3) is 10.6. The predicted octanol–water partition coefficient (Wildman–Crippen LogP) is 6.96. The molecule has 0 bridgehead atoms. The molecule has 278 valence electrons. The summed E-state index contributed by atoms with van der Waals surface area (Å²) in [5.74, 6) is 0.0540. The summed E-state index contributed by atoms with van der Waals surface area (Å²) in [5.41, 5.74) is 2.34. The van der Waals surface area contributed by atoms with Gasteiger partial charge in [-0.15, -0.1) is 0 Å². The standard InChI is InChI=1S/C42H38O12/c1-47-39-21-31(25-43)13-15-35(39)49-17-19-51-37-23-34(42(46)54-28-30-11-7-4-8-12-30)38(24-33(37)41(45)53-27-29-9-5-3-6-10-29)52-20-18-50-36-16-14-32(26-44)22-40(36)48-2/h3-16,21-26H,17-20,27-28H2,1-2H3. The minimum absolute atomic E-state index is 0.00989. The summed E-state index contributed by atoms with van der Waals surface area (Å²) in [6.07, 6.45) is 1.39.